The highest BCUT2D eigenvalue weighted by Crippen LogP contribution is 2.31. The molecule has 0 saturated carbocycles. The number of hydrogen-bond acceptors (Lipinski definition) is 5. The maximum absolute atomic E-state index is 11.3. The molecule has 3 aromatic rings. The summed E-state index contributed by atoms with van der Waals surface area (Å²) in [5.41, 5.74) is 3.03. The molecule has 0 amide bonds. The molecule has 6 nitrogen and oxygen atoms in total. The van der Waals surface area contributed by atoms with Crippen molar-refractivity contribution in [1.29, 1.82) is 0 Å². The van der Waals surface area contributed by atoms with Crippen molar-refractivity contribution in [3.8, 4) is 0 Å². The van der Waals surface area contributed by atoms with Crippen molar-refractivity contribution >= 4 is 28.6 Å². The van der Waals surface area contributed by atoms with Gasteiger partial charge in [0.25, 0.3) is 0 Å². The Hall–Kier alpha value is -3.15. The third-order valence-electron chi connectivity index (χ3n) is 4.69. The number of rotatable bonds is 3. The molecular weight excluding hydrogens is 330 g/mol. The number of pyridine rings is 1. The molecule has 0 atom stereocenters. The third kappa shape index (κ3) is 3.18. The minimum absolute atomic E-state index is 0.0697. The predicted molar refractivity (Wildman–Crippen MR) is 101 cm³/mol. The number of nitrogens with zero attached hydrogens (tertiary/aromatic N) is 3. The lowest BCUT2D eigenvalue weighted by Crippen LogP contribution is -2.31. The first-order valence-corrected chi connectivity index (χ1v) is 8.65. The molecule has 1 fully saturated rings. The van der Waals surface area contributed by atoms with Gasteiger partial charge >= 0.3 is 5.69 Å². The van der Waals surface area contributed by atoms with E-state index < -0.39 is 0 Å². The summed E-state index contributed by atoms with van der Waals surface area (Å²) in [4.78, 5) is 17.3. The number of aromatic nitrogens is 1. The summed E-state index contributed by atoms with van der Waals surface area (Å²) in [7, 11) is 0. The SMILES string of the molecule is Cc1ccc([N+](=O)[O-])c(N2CCC(=Cc3cc4ccccc4o3)CC2)n1. The quantitative estimate of drug-likeness (QED) is 0.505. The predicted octanol–water partition coefficient (Wildman–Crippen LogP) is 4.73. The molecule has 1 aliphatic rings. The second-order valence-corrected chi connectivity index (χ2v) is 6.53. The Balaban J connectivity index is 1.52. The van der Waals surface area contributed by atoms with Gasteiger partial charge < -0.3 is 9.32 Å². The number of benzene rings is 1. The highest BCUT2D eigenvalue weighted by Gasteiger charge is 2.24. The zero-order chi connectivity index (χ0) is 18.1. The lowest BCUT2D eigenvalue weighted by Gasteiger charge is -2.29. The molecule has 26 heavy (non-hydrogen) atoms. The summed E-state index contributed by atoms with van der Waals surface area (Å²) in [5, 5.41) is 12.4. The van der Waals surface area contributed by atoms with E-state index >= 15 is 0 Å². The number of piperidine rings is 1. The maximum atomic E-state index is 11.3. The Kier molecular flexibility index (Phi) is 4.16. The molecule has 0 N–H and O–H groups in total. The Morgan fingerprint density at radius 1 is 1.19 bits per heavy atom. The first-order chi connectivity index (χ1) is 12.6. The van der Waals surface area contributed by atoms with Crippen LogP contribution in [0.1, 0.15) is 24.3 Å². The maximum Gasteiger partial charge on any atom is 0.311 e. The molecule has 1 aromatic carbocycles. The number of anilines is 1. The Labute approximate surface area is 150 Å². The number of para-hydroxylation sites is 1. The van der Waals surface area contributed by atoms with Crippen LogP contribution in [0.2, 0.25) is 0 Å². The minimum Gasteiger partial charge on any atom is -0.457 e. The van der Waals surface area contributed by atoms with E-state index in [0.29, 0.717) is 18.9 Å². The Morgan fingerprint density at radius 2 is 1.96 bits per heavy atom. The summed E-state index contributed by atoms with van der Waals surface area (Å²) in [6.07, 6.45) is 3.77. The van der Waals surface area contributed by atoms with E-state index in [1.165, 1.54) is 11.6 Å². The van der Waals surface area contributed by atoms with Crippen molar-refractivity contribution in [3.05, 3.63) is 69.6 Å². The fourth-order valence-corrected chi connectivity index (χ4v) is 3.34. The fraction of sp³-hybridized carbons (Fsp3) is 0.250. The van der Waals surface area contributed by atoms with E-state index in [1.54, 1.807) is 6.07 Å². The van der Waals surface area contributed by atoms with Gasteiger partial charge in [-0.05, 0) is 44.0 Å². The van der Waals surface area contributed by atoms with Gasteiger partial charge in [0.2, 0.25) is 5.82 Å². The smallest absolute Gasteiger partial charge is 0.311 e. The molecule has 0 unspecified atom stereocenters. The molecule has 6 heteroatoms. The van der Waals surface area contributed by atoms with E-state index in [2.05, 4.69) is 11.1 Å². The van der Waals surface area contributed by atoms with Gasteiger partial charge in [-0.3, -0.25) is 10.1 Å². The molecule has 0 radical (unpaired) electrons. The van der Waals surface area contributed by atoms with E-state index in [-0.39, 0.29) is 10.6 Å². The second kappa shape index (κ2) is 6.63. The van der Waals surface area contributed by atoms with Crippen LogP contribution >= 0.6 is 0 Å². The monoisotopic (exact) mass is 349 g/mol. The summed E-state index contributed by atoms with van der Waals surface area (Å²) in [5.74, 6) is 1.33. The van der Waals surface area contributed by atoms with Gasteiger partial charge in [-0.25, -0.2) is 4.98 Å². The van der Waals surface area contributed by atoms with Gasteiger partial charge in [0, 0.05) is 30.2 Å². The summed E-state index contributed by atoms with van der Waals surface area (Å²) in [6.45, 7) is 3.27. The van der Waals surface area contributed by atoms with E-state index in [0.717, 1.165) is 35.3 Å². The fourth-order valence-electron chi connectivity index (χ4n) is 3.34. The van der Waals surface area contributed by atoms with Crippen LogP contribution in [-0.4, -0.2) is 23.0 Å². The van der Waals surface area contributed by atoms with Gasteiger partial charge in [-0.2, -0.15) is 0 Å². The summed E-state index contributed by atoms with van der Waals surface area (Å²) >= 11 is 0. The van der Waals surface area contributed by atoms with Crippen molar-refractivity contribution in [3.63, 3.8) is 0 Å². The topological polar surface area (TPSA) is 72.4 Å². The van der Waals surface area contributed by atoms with Gasteiger partial charge in [0.1, 0.15) is 11.3 Å². The highest BCUT2D eigenvalue weighted by atomic mass is 16.6. The molecule has 4 rings (SSSR count). The number of fused-ring (bicyclic) bond motifs is 1. The second-order valence-electron chi connectivity index (χ2n) is 6.53. The molecular formula is C20H19N3O3. The molecule has 0 spiro atoms. The minimum atomic E-state index is -0.360. The average molecular weight is 349 g/mol. The lowest BCUT2D eigenvalue weighted by molar-refractivity contribution is -0.384. The number of hydrogen-bond donors (Lipinski definition) is 0. The standard InChI is InChI=1S/C20H19N3O3/c1-14-6-7-18(23(24)25)20(21-14)22-10-8-15(9-11-22)12-17-13-16-4-2-3-5-19(16)26-17/h2-7,12-13H,8-11H2,1H3. The molecule has 1 saturated heterocycles. The van der Waals surface area contributed by atoms with Crippen LogP contribution in [0.25, 0.3) is 17.0 Å². The molecule has 132 valence electrons. The first kappa shape index (κ1) is 16.3. The molecule has 2 aromatic heterocycles. The largest absolute Gasteiger partial charge is 0.457 e. The van der Waals surface area contributed by atoms with Crippen molar-refractivity contribution in [2.45, 2.75) is 19.8 Å². The summed E-state index contributed by atoms with van der Waals surface area (Å²) in [6, 6.07) is 13.2. The number of aryl methyl sites for hydroxylation is 1. The van der Waals surface area contributed by atoms with E-state index in [4.69, 9.17) is 4.42 Å². The van der Waals surface area contributed by atoms with E-state index in [1.807, 2.05) is 42.2 Å². The van der Waals surface area contributed by atoms with Crippen molar-refractivity contribution in [2.24, 2.45) is 0 Å². The number of furan rings is 1. The summed E-state index contributed by atoms with van der Waals surface area (Å²) < 4.78 is 5.86. The molecule has 0 bridgehead atoms. The Morgan fingerprint density at radius 3 is 2.69 bits per heavy atom. The van der Waals surface area contributed by atoms with Gasteiger partial charge in [-0.15, -0.1) is 0 Å². The van der Waals surface area contributed by atoms with Crippen LogP contribution in [0.15, 0.2) is 52.5 Å². The van der Waals surface area contributed by atoms with Crippen molar-refractivity contribution in [2.75, 3.05) is 18.0 Å². The van der Waals surface area contributed by atoms with Crippen LogP contribution in [0.4, 0.5) is 11.5 Å². The highest BCUT2D eigenvalue weighted by molar-refractivity contribution is 5.80. The molecule has 0 aliphatic carbocycles. The van der Waals surface area contributed by atoms with E-state index in [9.17, 15) is 10.1 Å². The van der Waals surface area contributed by atoms with Gasteiger partial charge in [-0.1, -0.05) is 23.8 Å². The lowest BCUT2D eigenvalue weighted by atomic mass is 10.0. The zero-order valence-electron chi connectivity index (χ0n) is 14.5. The molecule has 1 aliphatic heterocycles. The number of nitro groups is 1. The zero-order valence-corrected chi connectivity index (χ0v) is 14.5. The van der Waals surface area contributed by atoms with Crippen molar-refractivity contribution in [1.82, 2.24) is 4.98 Å². The van der Waals surface area contributed by atoms with Gasteiger partial charge in [0.05, 0.1) is 4.92 Å². The van der Waals surface area contributed by atoms with Crippen LogP contribution < -0.4 is 4.90 Å². The normalized spacial score (nSPS) is 14.7. The first-order valence-electron chi connectivity index (χ1n) is 8.65. The Bertz CT molecular complexity index is 963. The van der Waals surface area contributed by atoms with Crippen LogP contribution in [0.3, 0.4) is 0 Å². The third-order valence-corrected chi connectivity index (χ3v) is 4.69. The van der Waals surface area contributed by atoms with Crippen LogP contribution in [-0.2, 0) is 0 Å². The molecule has 3 heterocycles. The van der Waals surface area contributed by atoms with Crippen LogP contribution in [0, 0.1) is 17.0 Å². The average Bonchev–Trinajstić information content (AvgIpc) is 3.04. The van der Waals surface area contributed by atoms with Crippen molar-refractivity contribution < 1.29 is 9.34 Å². The van der Waals surface area contributed by atoms with Crippen LogP contribution in [0.5, 0.6) is 0 Å². The van der Waals surface area contributed by atoms with Gasteiger partial charge in [0.15, 0.2) is 0 Å².